The van der Waals surface area contributed by atoms with Crippen LogP contribution in [0.2, 0.25) is 0 Å². The minimum absolute atomic E-state index is 0.194. The van der Waals surface area contributed by atoms with Crippen LogP contribution in [0.1, 0.15) is 71.2 Å². The molecule has 4 rings (SSSR count). The zero-order valence-corrected chi connectivity index (χ0v) is 23.8. The zero-order valence-electron chi connectivity index (χ0n) is 23.8. The van der Waals surface area contributed by atoms with Crippen LogP contribution in [0.3, 0.4) is 0 Å². The van der Waals surface area contributed by atoms with Gasteiger partial charge in [-0.3, -0.25) is 29.2 Å². The third-order valence-electron chi connectivity index (χ3n) is 7.47. The number of fused-ring (bicyclic) bond motifs is 4. The van der Waals surface area contributed by atoms with E-state index in [0.717, 1.165) is 22.0 Å². The molecule has 1 aromatic carbocycles. The Kier molecular flexibility index (Phi) is 9.19. The van der Waals surface area contributed by atoms with Gasteiger partial charge in [0, 0.05) is 24.0 Å². The van der Waals surface area contributed by atoms with Gasteiger partial charge in [0.05, 0.1) is 5.69 Å². The Morgan fingerprint density at radius 1 is 1.00 bits per heavy atom. The second kappa shape index (κ2) is 12.6. The van der Waals surface area contributed by atoms with Crippen LogP contribution in [-0.4, -0.2) is 58.4 Å². The van der Waals surface area contributed by atoms with Gasteiger partial charge in [-0.1, -0.05) is 39.0 Å². The lowest BCUT2D eigenvalue weighted by atomic mass is 10.00. The van der Waals surface area contributed by atoms with Crippen LogP contribution in [0.5, 0.6) is 0 Å². The van der Waals surface area contributed by atoms with Crippen LogP contribution >= 0.6 is 0 Å². The Bertz CT molecular complexity index is 1310. The normalized spacial score (nSPS) is 28.1. The van der Waals surface area contributed by atoms with E-state index in [1.807, 2.05) is 57.2 Å². The summed E-state index contributed by atoms with van der Waals surface area (Å²) in [6, 6.07) is 5.43. The van der Waals surface area contributed by atoms with Crippen molar-refractivity contribution in [2.24, 2.45) is 11.8 Å². The standard InChI is InChI=1S/C30H39N5O5/c1-17(2)26-28(37)32-19(4)29(38)35-13-7-10-25(34-35)30(39)40-20(5)21-11-12-22-16-31-24(15-23(22)14-21)9-6-8-18(3)27(36)33-26/h6,9,11-12,14-20,25-26,34H,7-8,10,13H2,1-5H3,(H,32,37)(H,33,36)/b9-6+/t18-,19+,20-,25?,26+/m1/s1. The summed E-state index contributed by atoms with van der Waals surface area (Å²) in [6.45, 7) is 9.30. The fourth-order valence-corrected chi connectivity index (χ4v) is 4.89. The Balaban J connectivity index is 1.63. The molecule has 0 radical (unpaired) electrons. The van der Waals surface area contributed by atoms with E-state index in [9.17, 15) is 19.2 Å². The SMILES string of the molecule is CC(C)[C@@H]1NC(=O)[C@H](C)C/C=C/c2cc3cc(ccc3cn2)[C@@H](C)OC(=O)C2CCCN(N2)C(=O)[C@H](C)NC1=O. The zero-order chi connectivity index (χ0) is 29.0. The summed E-state index contributed by atoms with van der Waals surface area (Å²) >= 11 is 0. The molecule has 5 bridgehead atoms. The number of benzene rings is 1. The van der Waals surface area contributed by atoms with Crippen molar-refractivity contribution in [3.8, 4) is 0 Å². The van der Waals surface area contributed by atoms with Gasteiger partial charge >= 0.3 is 5.97 Å². The average Bonchev–Trinajstić information content (AvgIpc) is 2.94. The van der Waals surface area contributed by atoms with E-state index < -0.39 is 36.1 Å². The van der Waals surface area contributed by atoms with Crippen LogP contribution in [-0.2, 0) is 23.9 Å². The molecule has 1 aromatic heterocycles. The van der Waals surface area contributed by atoms with Crippen molar-refractivity contribution in [1.82, 2.24) is 26.1 Å². The van der Waals surface area contributed by atoms with E-state index in [2.05, 4.69) is 21.0 Å². The van der Waals surface area contributed by atoms with Crippen molar-refractivity contribution in [1.29, 1.82) is 0 Å². The number of nitrogens with zero attached hydrogens (tertiary/aromatic N) is 2. The number of amides is 3. The van der Waals surface area contributed by atoms with Crippen molar-refractivity contribution in [3.05, 3.63) is 47.8 Å². The quantitative estimate of drug-likeness (QED) is 0.466. The van der Waals surface area contributed by atoms with Crippen LogP contribution in [0, 0.1) is 11.8 Å². The summed E-state index contributed by atoms with van der Waals surface area (Å²) in [5, 5.41) is 8.87. The van der Waals surface area contributed by atoms with E-state index in [1.54, 1.807) is 20.0 Å². The molecule has 1 fully saturated rings. The summed E-state index contributed by atoms with van der Waals surface area (Å²) in [6.07, 6.45) is 6.64. The summed E-state index contributed by atoms with van der Waals surface area (Å²) < 4.78 is 5.80. The number of hydrogen-bond acceptors (Lipinski definition) is 7. The van der Waals surface area contributed by atoms with Crippen LogP contribution in [0.15, 0.2) is 36.5 Å². The predicted molar refractivity (Wildman–Crippen MR) is 151 cm³/mol. The molecule has 0 saturated carbocycles. The van der Waals surface area contributed by atoms with Crippen molar-refractivity contribution in [3.63, 3.8) is 0 Å². The minimum atomic E-state index is -0.863. The lowest BCUT2D eigenvalue weighted by Gasteiger charge is -2.35. The van der Waals surface area contributed by atoms with E-state index >= 15 is 0 Å². The van der Waals surface area contributed by atoms with Gasteiger partial charge in [0.2, 0.25) is 11.8 Å². The molecule has 0 aliphatic carbocycles. The van der Waals surface area contributed by atoms with E-state index in [4.69, 9.17) is 4.74 Å². The number of nitrogens with one attached hydrogen (secondary N) is 3. The number of ether oxygens (including phenoxy) is 1. The molecule has 3 N–H and O–H groups in total. The molecule has 1 saturated heterocycles. The first-order chi connectivity index (χ1) is 19.0. The maximum absolute atomic E-state index is 13.2. The van der Waals surface area contributed by atoms with Gasteiger partial charge in [-0.25, -0.2) is 5.43 Å². The van der Waals surface area contributed by atoms with Crippen molar-refractivity contribution >= 4 is 40.5 Å². The van der Waals surface area contributed by atoms with Gasteiger partial charge in [-0.15, -0.1) is 0 Å². The number of hydrogen-bond donors (Lipinski definition) is 3. The molecular formula is C30H39N5O5. The summed E-state index contributed by atoms with van der Waals surface area (Å²) in [4.78, 5) is 56.8. The fraction of sp³-hybridized carbons (Fsp3) is 0.500. The highest BCUT2D eigenvalue weighted by Gasteiger charge is 2.34. The van der Waals surface area contributed by atoms with Crippen molar-refractivity contribution < 1.29 is 23.9 Å². The molecular weight excluding hydrogens is 510 g/mol. The summed E-state index contributed by atoms with van der Waals surface area (Å²) in [5.74, 6) is -2.07. The highest BCUT2D eigenvalue weighted by Crippen LogP contribution is 2.24. The van der Waals surface area contributed by atoms with Gasteiger partial charge in [0.15, 0.2) is 0 Å². The van der Waals surface area contributed by atoms with Crippen LogP contribution in [0.4, 0.5) is 0 Å². The van der Waals surface area contributed by atoms with Gasteiger partial charge in [0.25, 0.3) is 5.91 Å². The second-order valence-corrected chi connectivity index (χ2v) is 11.1. The lowest BCUT2D eigenvalue weighted by molar-refractivity contribution is -0.157. The average molecular weight is 550 g/mol. The number of hydrazine groups is 1. The largest absolute Gasteiger partial charge is 0.457 e. The van der Waals surface area contributed by atoms with E-state index in [0.29, 0.717) is 25.8 Å². The molecule has 1 unspecified atom stereocenters. The number of pyridine rings is 1. The Hall–Kier alpha value is -3.79. The van der Waals surface area contributed by atoms with E-state index in [1.165, 1.54) is 5.01 Å². The number of carbonyl (C=O) groups excluding carboxylic acids is 4. The summed E-state index contributed by atoms with van der Waals surface area (Å²) in [5.41, 5.74) is 4.57. The molecule has 3 heterocycles. The highest BCUT2D eigenvalue weighted by atomic mass is 16.5. The maximum Gasteiger partial charge on any atom is 0.325 e. The lowest BCUT2D eigenvalue weighted by Crippen LogP contribution is -2.61. The van der Waals surface area contributed by atoms with Gasteiger partial charge < -0.3 is 15.4 Å². The molecule has 214 valence electrons. The number of cyclic esters (lactones) is 1. The number of esters is 1. The third-order valence-corrected chi connectivity index (χ3v) is 7.47. The monoisotopic (exact) mass is 549 g/mol. The number of allylic oxidation sites excluding steroid dienone is 1. The first-order valence-electron chi connectivity index (χ1n) is 14.0. The van der Waals surface area contributed by atoms with E-state index in [-0.39, 0.29) is 23.7 Å². The number of rotatable bonds is 1. The molecule has 2 aromatic rings. The third kappa shape index (κ3) is 6.85. The topological polar surface area (TPSA) is 130 Å². The smallest absolute Gasteiger partial charge is 0.325 e. The van der Waals surface area contributed by atoms with Gasteiger partial charge in [-0.2, -0.15) is 0 Å². The Morgan fingerprint density at radius 3 is 2.52 bits per heavy atom. The Morgan fingerprint density at radius 2 is 1.77 bits per heavy atom. The minimum Gasteiger partial charge on any atom is -0.457 e. The molecule has 2 aliphatic heterocycles. The number of carbonyl (C=O) groups is 4. The molecule has 10 nitrogen and oxygen atoms in total. The molecule has 40 heavy (non-hydrogen) atoms. The van der Waals surface area contributed by atoms with Crippen molar-refractivity contribution in [2.45, 2.75) is 78.1 Å². The maximum atomic E-state index is 13.2. The molecule has 5 atom stereocenters. The predicted octanol–water partition coefficient (Wildman–Crippen LogP) is 3.03. The Labute approximate surface area is 234 Å². The fourth-order valence-electron chi connectivity index (χ4n) is 4.89. The van der Waals surface area contributed by atoms with Gasteiger partial charge in [-0.05, 0) is 68.2 Å². The highest BCUT2D eigenvalue weighted by molar-refractivity contribution is 5.92. The van der Waals surface area contributed by atoms with Crippen LogP contribution in [0.25, 0.3) is 16.8 Å². The summed E-state index contributed by atoms with van der Waals surface area (Å²) in [7, 11) is 0. The molecule has 10 heteroatoms. The molecule has 3 amide bonds. The van der Waals surface area contributed by atoms with Crippen molar-refractivity contribution in [2.75, 3.05) is 6.54 Å². The molecule has 2 aliphatic rings. The first-order valence-corrected chi connectivity index (χ1v) is 14.0. The number of aromatic nitrogens is 1. The molecule has 0 spiro atoms. The van der Waals surface area contributed by atoms with Gasteiger partial charge in [0.1, 0.15) is 24.2 Å². The second-order valence-electron chi connectivity index (χ2n) is 11.1. The first kappa shape index (κ1) is 29.2. The van der Waals surface area contributed by atoms with Crippen LogP contribution < -0.4 is 16.1 Å².